The SMILES string of the molecule is O=C(Nc1ccnn1Cc1ccco1)c1cc(Cl)c2c(c1)OCCO2. The lowest BCUT2D eigenvalue weighted by Crippen LogP contribution is -2.19. The van der Waals surface area contributed by atoms with E-state index in [1.807, 2.05) is 6.07 Å². The summed E-state index contributed by atoms with van der Waals surface area (Å²) < 4.78 is 17.9. The molecule has 1 amide bonds. The zero-order chi connectivity index (χ0) is 17.2. The lowest BCUT2D eigenvalue weighted by molar-refractivity contribution is 0.102. The second-order valence-electron chi connectivity index (χ2n) is 5.39. The number of benzene rings is 1. The first-order valence-corrected chi connectivity index (χ1v) is 8.03. The third-order valence-electron chi connectivity index (χ3n) is 3.70. The van der Waals surface area contributed by atoms with E-state index in [0.29, 0.717) is 47.7 Å². The molecule has 1 aliphatic rings. The van der Waals surface area contributed by atoms with Crippen LogP contribution in [0.2, 0.25) is 5.02 Å². The van der Waals surface area contributed by atoms with Crippen molar-refractivity contribution in [3.05, 3.63) is 59.1 Å². The van der Waals surface area contributed by atoms with Crippen LogP contribution in [0.3, 0.4) is 0 Å². The van der Waals surface area contributed by atoms with Crippen molar-refractivity contribution in [1.82, 2.24) is 9.78 Å². The van der Waals surface area contributed by atoms with E-state index in [0.717, 1.165) is 5.76 Å². The molecule has 0 radical (unpaired) electrons. The lowest BCUT2D eigenvalue weighted by atomic mass is 10.2. The van der Waals surface area contributed by atoms with Crippen molar-refractivity contribution in [2.75, 3.05) is 18.5 Å². The molecule has 8 heteroatoms. The van der Waals surface area contributed by atoms with E-state index in [9.17, 15) is 4.79 Å². The molecule has 0 spiro atoms. The molecular weight excluding hydrogens is 346 g/mol. The van der Waals surface area contributed by atoms with Crippen LogP contribution in [-0.4, -0.2) is 28.9 Å². The van der Waals surface area contributed by atoms with E-state index < -0.39 is 0 Å². The van der Waals surface area contributed by atoms with Gasteiger partial charge in [-0.25, -0.2) is 4.68 Å². The highest BCUT2D eigenvalue weighted by Gasteiger charge is 2.20. The highest BCUT2D eigenvalue weighted by Crippen LogP contribution is 2.38. The van der Waals surface area contributed by atoms with Crippen LogP contribution in [0, 0.1) is 0 Å². The van der Waals surface area contributed by atoms with Gasteiger partial charge in [-0.05, 0) is 24.3 Å². The van der Waals surface area contributed by atoms with Crippen LogP contribution in [0.25, 0.3) is 0 Å². The minimum Gasteiger partial charge on any atom is -0.486 e. The number of carbonyl (C=O) groups is 1. The average Bonchev–Trinajstić information content (AvgIpc) is 3.28. The van der Waals surface area contributed by atoms with Crippen molar-refractivity contribution < 1.29 is 18.7 Å². The predicted octanol–water partition coefficient (Wildman–Crippen LogP) is 3.20. The maximum Gasteiger partial charge on any atom is 0.257 e. The van der Waals surface area contributed by atoms with Crippen LogP contribution in [0.5, 0.6) is 11.5 Å². The molecule has 7 nitrogen and oxygen atoms in total. The molecule has 0 saturated heterocycles. The first-order valence-electron chi connectivity index (χ1n) is 7.65. The normalized spacial score (nSPS) is 12.8. The Kier molecular flexibility index (Phi) is 4.07. The Labute approximate surface area is 148 Å². The lowest BCUT2D eigenvalue weighted by Gasteiger charge is -2.20. The minimum atomic E-state index is -0.319. The molecule has 0 aliphatic carbocycles. The van der Waals surface area contributed by atoms with Crippen molar-refractivity contribution >= 4 is 23.3 Å². The number of halogens is 1. The summed E-state index contributed by atoms with van der Waals surface area (Å²) in [6, 6.07) is 8.52. The standard InChI is InChI=1S/C17H14ClN3O4/c18-13-8-11(9-14-16(13)25-7-6-24-14)17(22)20-15-3-4-19-21(15)10-12-2-1-5-23-12/h1-5,8-9H,6-7,10H2,(H,20,22). The summed E-state index contributed by atoms with van der Waals surface area (Å²) in [5.74, 6) is 1.90. The van der Waals surface area contributed by atoms with Crippen LogP contribution >= 0.6 is 11.6 Å². The summed E-state index contributed by atoms with van der Waals surface area (Å²) in [5.41, 5.74) is 0.375. The number of nitrogens with one attached hydrogen (secondary N) is 1. The topological polar surface area (TPSA) is 78.5 Å². The third kappa shape index (κ3) is 3.18. The quantitative estimate of drug-likeness (QED) is 0.774. The molecule has 0 bridgehead atoms. The molecule has 3 aromatic rings. The molecule has 0 atom stereocenters. The van der Waals surface area contributed by atoms with E-state index in [4.69, 9.17) is 25.5 Å². The van der Waals surface area contributed by atoms with Gasteiger partial charge in [-0.15, -0.1) is 0 Å². The molecule has 1 aliphatic heterocycles. The number of hydrogen-bond acceptors (Lipinski definition) is 5. The highest BCUT2D eigenvalue weighted by molar-refractivity contribution is 6.32. The van der Waals surface area contributed by atoms with Crippen molar-refractivity contribution in [1.29, 1.82) is 0 Å². The summed E-state index contributed by atoms with van der Waals surface area (Å²) in [6.45, 7) is 1.27. The third-order valence-corrected chi connectivity index (χ3v) is 3.98. The Morgan fingerprint density at radius 3 is 3.00 bits per heavy atom. The molecular formula is C17H14ClN3O4. The van der Waals surface area contributed by atoms with Crippen LogP contribution in [0.1, 0.15) is 16.1 Å². The Morgan fingerprint density at radius 1 is 1.28 bits per heavy atom. The van der Waals surface area contributed by atoms with Gasteiger partial charge in [0.2, 0.25) is 0 Å². The smallest absolute Gasteiger partial charge is 0.257 e. The zero-order valence-electron chi connectivity index (χ0n) is 13.1. The largest absolute Gasteiger partial charge is 0.486 e. The molecule has 128 valence electrons. The van der Waals surface area contributed by atoms with Gasteiger partial charge in [0.15, 0.2) is 11.5 Å². The maximum absolute atomic E-state index is 12.6. The minimum absolute atomic E-state index is 0.319. The van der Waals surface area contributed by atoms with Gasteiger partial charge in [0.05, 0.1) is 17.5 Å². The number of ether oxygens (including phenoxy) is 2. The fourth-order valence-corrected chi connectivity index (χ4v) is 2.81. The first kappa shape index (κ1) is 15.6. The first-order chi connectivity index (χ1) is 12.2. The second-order valence-corrected chi connectivity index (χ2v) is 5.80. The van der Waals surface area contributed by atoms with E-state index in [-0.39, 0.29) is 5.91 Å². The van der Waals surface area contributed by atoms with Gasteiger partial charge < -0.3 is 19.2 Å². The number of rotatable bonds is 4. The van der Waals surface area contributed by atoms with Crippen LogP contribution < -0.4 is 14.8 Å². The van der Waals surface area contributed by atoms with E-state index in [1.54, 1.807) is 41.4 Å². The molecule has 25 heavy (non-hydrogen) atoms. The summed E-state index contributed by atoms with van der Waals surface area (Å²) in [4.78, 5) is 12.6. The highest BCUT2D eigenvalue weighted by atomic mass is 35.5. The second kappa shape index (κ2) is 6.52. The number of nitrogens with zero attached hydrogens (tertiary/aromatic N) is 2. The molecule has 1 aromatic carbocycles. The summed E-state index contributed by atoms with van der Waals surface area (Å²) in [7, 11) is 0. The van der Waals surface area contributed by atoms with Crippen LogP contribution in [0.15, 0.2) is 47.2 Å². The van der Waals surface area contributed by atoms with Crippen molar-refractivity contribution in [3.8, 4) is 11.5 Å². The molecule has 4 rings (SSSR count). The number of hydrogen-bond donors (Lipinski definition) is 1. The van der Waals surface area contributed by atoms with Gasteiger partial charge in [-0.3, -0.25) is 4.79 Å². The molecule has 3 heterocycles. The Balaban J connectivity index is 1.55. The van der Waals surface area contributed by atoms with Crippen LogP contribution in [-0.2, 0) is 6.54 Å². The average molecular weight is 360 g/mol. The van der Waals surface area contributed by atoms with Crippen molar-refractivity contribution in [2.45, 2.75) is 6.54 Å². The van der Waals surface area contributed by atoms with Gasteiger partial charge in [0.25, 0.3) is 5.91 Å². The summed E-state index contributed by atoms with van der Waals surface area (Å²) in [6.07, 6.45) is 3.20. The fourth-order valence-electron chi connectivity index (χ4n) is 2.55. The number of fused-ring (bicyclic) bond motifs is 1. The zero-order valence-corrected chi connectivity index (χ0v) is 13.8. The summed E-state index contributed by atoms with van der Waals surface area (Å²) >= 11 is 6.18. The monoisotopic (exact) mass is 359 g/mol. The number of aromatic nitrogens is 2. The molecule has 0 fully saturated rings. The number of furan rings is 1. The Morgan fingerprint density at radius 2 is 2.16 bits per heavy atom. The van der Waals surface area contributed by atoms with Crippen molar-refractivity contribution in [3.63, 3.8) is 0 Å². The van der Waals surface area contributed by atoms with Gasteiger partial charge in [0, 0.05) is 11.6 Å². The number of anilines is 1. The number of amides is 1. The van der Waals surface area contributed by atoms with E-state index in [2.05, 4.69) is 10.4 Å². The fraction of sp³-hybridized carbons (Fsp3) is 0.176. The molecule has 0 saturated carbocycles. The van der Waals surface area contributed by atoms with Gasteiger partial charge >= 0.3 is 0 Å². The Bertz CT molecular complexity index is 905. The van der Waals surface area contributed by atoms with Crippen molar-refractivity contribution in [2.24, 2.45) is 0 Å². The Hall–Kier alpha value is -2.93. The number of carbonyl (C=O) groups excluding carboxylic acids is 1. The molecule has 2 aromatic heterocycles. The van der Waals surface area contributed by atoms with Gasteiger partial charge in [0.1, 0.15) is 31.3 Å². The maximum atomic E-state index is 12.6. The van der Waals surface area contributed by atoms with E-state index >= 15 is 0 Å². The predicted molar refractivity (Wildman–Crippen MR) is 90.4 cm³/mol. The molecule has 1 N–H and O–H groups in total. The summed E-state index contributed by atoms with van der Waals surface area (Å²) in [5, 5.41) is 7.35. The van der Waals surface area contributed by atoms with Crippen LogP contribution in [0.4, 0.5) is 5.82 Å². The van der Waals surface area contributed by atoms with E-state index in [1.165, 1.54) is 0 Å². The molecule has 0 unspecified atom stereocenters. The van der Waals surface area contributed by atoms with Gasteiger partial charge in [-0.1, -0.05) is 11.6 Å². The van der Waals surface area contributed by atoms with Gasteiger partial charge in [-0.2, -0.15) is 5.10 Å².